The van der Waals surface area contributed by atoms with Gasteiger partial charge < -0.3 is 9.64 Å². The van der Waals surface area contributed by atoms with E-state index in [1.165, 1.54) is 12.1 Å². The first-order chi connectivity index (χ1) is 12.2. The van der Waals surface area contributed by atoms with Gasteiger partial charge in [0.2, 0.25) is 15.9 Å². The predicted octanol–water partition coefficient (Wildman–Crippen LogP) is 2.05. The number of carbonyl (C=O) groups is 2. The molecule has 0 aliphatic heterocycles. The van der Waals surface area contributed by atoms with Crippen LogP contribution in [0.4, 0.5) is 0 Å². The van der Waals surface area contributed by atoms with Gasteiger partial charge >= 0.3 is 5.97 Å². The number of amides is 1. The first-order valence-corrected chi connectivity index (χ1v) is 10.3. The van der Waals surface area contributed by atoms with Crippen molar-refractivity contribution >= 4 is 21.9 Å². The highest BCUT2D eigenvalue weighted by Gasteiger charge is 2.22. The van der Waals surface area contributed by atoms with Crippen LogP contribution in [0.5, 0.6) is 0 Å². The summed E-state index contributed by atoms with van der Waals surface area (Å²) in [6, 6.07) is 6.07. The van der Waals surface area contributed by atoms with E-state index in [-0.39, 0.29) is 35.7 Å². The number of hydrogen-bond donors (Lipinski definition) is 1. The fourth-order valence-electron chi connectivity index (χ4n) is 2.63. The molecule has 0 radical (unpaired) electrons. The second kappa shape index (κ2) is 10.3. The Morgan fingerprint density at radius 1 is 1.12 bits per heavy atom. The summed E-state index contributed by atoms with van der Waals surface area (Å²) < 4.78 is 27.6. The smallest absolute Gasteiger partial charge is 0.307 e. The van der Waals surface area contributed by atoms with E-state index in [2.05, 4.69) is 0 Å². The molecule has 0 heterocycles. The number of esters is 1. The van der Waals surface area contributed by atoms with Crippen LogP contribution in [0.2, 0.25) is 0 Å². The van der Waals surface area contributed by atoms with E-state index in [1.54, 1.807) is 24.0 Å². The lowest BCUT2D eigenvalue weighted by Gasteiger charge is -2.26. The zero-order chi connectivity index (χ0) is 19.7. The van der Waals surface area contributed by atoms with E-state index >= 15 is 0 Å². The van der Waals surface area contributed by atoms with Gasteiger partial charge in [-0.15, -0.1) is 0 Å². The van der Waals surface area contributed by atoms with Crippen LogP contribution in [0.15, 0.2) is 29.2 Å². The van der Waals surface area contributed by atoms with Crippen molar-refractivity contribution < 1.29 is 22.7 Å². The summed E-state index contributed by atoms with van der Waals surface area (Å²) in [5.74, 6) is -0.477. The zero-order valence-electron chi connectivity index (χ0n) is 15.6. The molecule has 146 valence electrons. The van der Waals surface area contributed by atoms with Gasteiger partial charge in [0.25, 0.3) is 0 Å². The molecule has 0 saturated heterocycles. The van der Waals surface area contributed by atoms with E-state index in [1.807, 2.05) is 13.8 Å². The van der Waals surface area contributed by atoms with E-state index in [4.69, 9.17) is 9.88 Å². The number of primary sulfonamides is 1. The largest absolute Gasteiger partial charge is 0.466 e. The van der Waals surface area contributed by atoms with Crippen LogP contribution in [-0.4, -0.2) is 38.3 Å². The van der Waals surface area contributed by atoms with E-state index in [9.17, 15) is 18.0 Å². The lowest BCUT2D eigenvalue weighted by molar-refractivity contribution is -0.144. The van der Waals surface area contributed by atoms with Crippen LogP contribution in [0, 0.1) is 5.92 Å². The summed E-state index contributed by atoms with van der Waals surface area (Å²) in [6.45, 7) is 6.49. The van der Waals surface area contributed by atoms with Crippen LogP contribution >= 0.6 is 0 Å². The SMILES string of the molecule is CCOC(=O)CCN(Cc1ccc(S(N)(=O)=O)cc1)C(=O)C(CC)CC. The molecule has 0 spiro atoms. The molecule has 0 aliphatic carbocycles. The van der Waals surface area contributed by atoms with Crippen LogP contribution in [-0.2, 0) is 30.9 Å². The summed E-state index contributed by atoms with van der Waals surface area (Å²) in [5.41, 5.74) is 0.764. The lowest BCUT2D eigenvalue weighted by atomic mass is 10.0. The second-order valence-electron chi connectivity index (χ2n) is 6.02. The quantitative estimate of drug-likeness (QED) is 0.621. The highest BCUT2D eigenvalue weighted by molar-refractivity contribution is 7.89. The number of sulfonamides is 1. The standard InChI is InChI=1S/C18H28N2O5S/c1-4-15(5-2)18(22)20(12-11-17(21)25-6-3)13-14-7-9-16(10-8-14)26(19,23)24/h7-10,15H,4-6,11-13H2,1-3H3,(H2,19,23,24). The molecule has 0 unspecified atom stereocenters. The molecular formula is C18H28N2O5S. The first-order valence-electron chi connectivity index (χ1n) is 8.79. The molecule has 2 N–H and O–H groups in total. The molecule has 1 amide bonds. The van der Waals surface area contributed by atoms with E-state index in [0.717, 1.165) is 18.4 Å². The Balaban J connectivity index is 2.93. The van der Waals surface area contributed by atoms with Gasteiger partial charge in [-0.3, -0.25) is 9.59 Å². The van der Waals surface area contributed by atoms with Crippen molar-refractivity contribution in [3.05, 3.63) is 29.8 Å². The number of rotatable bonds is 10. The van der Waals surface area contributed by atoms with Crippen molar-refractivity contribution in [2.45, 2.75) is 51.5 Å². The van der Waals surface area contributed by atoms with Gasteiger partial charge in [-0.1, -0.05) is 26.0 Å². The summed E-state index contributed by atoms with van der Waals surface area (Å²) in [4.78, 5) is 26.1. The first kappa shape index (κ1) is 22.1. The maximum Gasteiger partial charge on any atom is 0.307 e. The molecule has 1 rings (SSSR count). The Kier molecular flexibility index (Phi) is 8.74. The van der Waals surface area contributed by atoms with Crippen molar-refractivity contribution in [3.63, 3.8) is 0 Å². The van der Waals surface area contributed by atoms with Gasteiger partial charge in [0.1, 0.15) is 0 Å². The normalized spacial score (nSPS) is 11.4. The number of carbonyl (C=O) groups excluding carboxylic acids is 2. The van der Waals surface area contributed by atoms with Gasteiger partial charge in [-0.25, -0.2) is 13.6 Å². The molecule has 1 aromatic rings. The lowest BCUT2D eigenvalue weighted by Crippen LogP contribution is -2.37. The van der Waals surface area contributed by atoms with Gasteiger partial charge in [0.15, 0.2) is 0 Å². The molecule has 0 fully saturated rings. The molecule has 7 nitrogen and oxygen atoms in total. The minimum Gasteiger partial charge on any atom is -0.466 e. The summed E-state index contributed by atoms with van der Waals surface area (Å²) >= 11 is 0. The minimum absolute atomic E-state index is 0.0187. The Bertz CT molecular complexity index is 697. The summed E-state index contributed by atoms with van der Waals surface area (Å²) in [5, 5.41) is 5.10. The molecule has 1 aromatic carbocycles. The van der Waals surface area contributed by atoms with Crippen molar-refractivity contribution in [1.29, 1.82) is 0 Å². The molecular weight excluding hydrogens is 356 g/mol. The Morgan fingerprint density at radius 3 is 2.15 bits per heavy atom. The van der Waals surface area contributed by atoms with Crippen LogP contribution < -0.4 is 5.14 Å². The van der Waals surface area contributed by atoms with E-state index in [0.29, 0.717) is 13.2 Å². The van der Waals surface area contributed by atoms with Crippen LogP contribution in [0.3, 0.4) is 0 Å². The van der Waals surface area contributed by atoms with Gasteiger partial charge in [0.05, 0.1) is 17.9 Å². The van der Waals surface area contributed by atoms with Crippen molar-refractivity contribution in [2.24, 2.45) is 11.1 Å². The molecule has 0 atom stereocenters. The van der Waals surface area contributed by atoms with Gasteiger partial charge in [-0.2, -0.15) is 0 Å². The van der Waals surface area contributed by atoms with Gasteiger partial charge in [0, 0.05) is 19.0 Å². The number of benzene rings is 1. The molecule has 0 bridgehead atoms. The number of nitrogens with zero attached hydrogens (tertiary/aromatic N) is 1. The Labute approximate surface area is 155 Å². The summed E-state index contributed by atoms with van der Waals surface area (Å²) in [7, 11) is -3.76. The Hall–Kier alpha value is -1.93. The average Bonchev–Trinajstić information content (AvgIpc) is 2.59. The third-order valence-electron chi connectivity index (χ3n) is 4.16. The number of hydrogen-bond acceptors (Lipinski definition) is 5. The molecule has 0 saturated carbocycles. The monoisotopic (exact) mass is 384 g/mol. The third-order valence-corrected chi connectivity index (χ3v) is 5.09. The van der Waals surface area contributed by atoms with Crippen molar-refractivity contribution in [3.8, 4) is 0 Å². The van der Waals surface area contributed by atoms with Crippen LogP contribution in [0.25, 0.3) is 0 Å². The van der Waals surface area contributed by atoms with Crippen molar-refractivity contribution in [1.82, 2.24) is 4.90 Å². The second-order valence-corrected chi connectivity index (χ2v) is 7.58. The topological polar surface area (TPSA) is 107 Å². The number of ether oxygens (including phenoxy) is 1. The van der Waals surface area contributed by atoms with Crippen LogP contribution in [0.1, 0.15) is 45.6 Å². The molecule has 26 heavy (non-hydrogen) atoms. The number of nitrogens with two attached hydrogens (primary N) is 1. The maximum absolute atomic E-state index is 12.8. The molecule has 8 heteroatoms. The highest BCUT2D eigenvalue weighted by Crippen LogP contribution is 2.17. The highest BCUT2D eigenvalue weighted by atomic mass is 32.2. The van der Waals surface area contributed by atoms with Crippen molar-refractivity contribution in [2.75, 3.05) is 13.2 Å². The maximum atomic E-state index is 12.8. The molecule has 0 aromatic heterocycles. The zero-order valence-corrected chi connectivity index (χ0v) is 16.4. The average molecular weight is 384 g/mol. The fraction of sp³-hybridized carbons (Fsp3) is 0.556. The molecule has 0 aliphatic rings. The Morgan fingerprint density at radius 2 is 1.69 bits per heavy atom. The minimum atomic E-state index is -3.76. The van der Waals surface area contributed by atoms with Gasteiger partial charge in [-0.05, 0) is 37.5 Å². The van der Waals surface area contributed by atoms with E-state index < -0.39 is 10.0 Å². The summed E-state index contributed by atoms with van der Waals surface area (Å²) in [6.07, 6.45) is 1.56. The fourth-order valence-corrected chi connectivity index (χ4v) is 3.14. The predicted molar refractivity (Wildman–Crippen MR) is 98.6 cm³/mol. The third kappa shape index (κ3) is 6.76.